The molecular weight excluding hydrogens is 302 g/mol. The van der Waals surface area contributed by atoms with Crippen molar-refractivity contribution in [1.29, 1.82) is 0 Å². The molecule has 0 amide bonds. The summed E-state index contributed by atoms with van der Waals surface area (Å²) in [6.07, 6.45) is 6.12. The summed E-state index contributed by atoms with van der Waals surface area (Å²) in [4.78, 5) is 14.4. The van der Waals surface area contributed by atoms with E-state index in [0.29, 0.717) is 6.54 Å². The summed E-state index contributed by atoms with van der Waals surface area (Å²) in [6.45, 7) is 2.19. The van der Waals surface area contributed by atoms with Crippen LogP contribution in [0.3, 0.4) is 0 Å². The molecule has 5 heteroatoms. The SMILES string of the molecule is CN(CCc1ccccc1)c1cnn(CC2CCCCO2)c(=O)c1. The molecule has 0 aliphatic carbocycles. The molecule has 1 atom stereocenters. The molecule has 1 unspecified atom stereocenters. The summed E-state index contributed by atoms with van der Waals surface area (Å²) in [5, 5.41) is 4.33. The smallest absolute Gasteiger partial charge is 0.268 e. The van der Waals surface area contributed by atoms with Crippen LogP contribution in [0.4, 0.5) is 5.69 Å². The van der Waals surface area contributed by atoms with Gasteiger partial charge in [0.05, 0.1) is 24.5 Å². The summed E-state index contributed by atoms with van der Waals surface area (Å²) >= 11 is 0. The van der Waals surface area contributed by atoms with Gasteiger partial charge >= 0.3 is 0 Å². The van der Waals surface area contributed by atoms with Crippen LogP contribution in [0.15, 0.2) is 47.4 Å². The largest absolute Gasteiger partial charge is 0.376 e. The van der Waals surface area contributed by atoms with Crippen LogP contribution in [-0.2, 0) is 17.7 Å². The zero-order valence-electron chi connectivity index (χ0n) is 14.2. The van der Waals surface area contributed by atoms with E-state index in [0.717, 1.165) is 38.1 Å². The van der Waals surface area contributed by atoms with Gasteiger partial charge in [-0.05, 0) is 31.2 Å². The number of anilines is 1. The van der Waals surface area contributed by atoms with Gasteiger partial charge in [0.2, 0.25) is 0 Å². The molecule has 0 radical (unpaired) electrons. The van der Waals surface area contributed by atoms with Crippen molar-refractivity contribution in [1.82, 2.24) is 9.78 Å². The van der Waals surface area contributed by atoms with E-state index in [9.17, 15) is 4.79 Å². The Balaban J connectivity index is 1.59. The molecule has 0 N–H and O–H groups in total. The van der Waals surface area contributed by atoms with Crippen LogP contribution in [-0.4, -0.2) is 36.1 Å². The van der Waals surface area contributed by atoms with Gasteiger partial charge in [-0.3, -0.25) is 4.79 Å². The lowest BCUT2D eigenvalue weighted by molar-refractivity contribution is 0.00315. The molecule has 2 aromatic rings. The summed E-state index contributed by atoms with van der Waals surface area (Å²) < 4.78 is 7.21. The van der Waals surface area contributed by atoms with Crippen molar-refractivity contribution in [2.24, 2.45) is 0 Å². The standard InChI is InChI=1S/C19H25N3O2/c1-21(11-10-16-7-3-2-4-8-16)17-13-19(23)22(20-14-17)15-18-9-5-6-12-24-18/h2-4,7-8,13-14,18H,5-6,9-12,15H2,1H3. The first-order valence-electron chi connectivity index (χ1n) is 8.66. The van der Waals surface area contributed by atoms with E-state index >= 15 is 0 Å². The molecule has 128 valence electrons. The minimum Gasteiger partial charge on any atom is -0.376 e. The van der Waals surface area contributed by atoms with E-state index in [1.54, 1.807) is 12.3 Å². The Bertz CT molecular complexity index is 693. The average molecular weight is 327 g/mol. The Kier molecular flexibility index (Phi) is 5.64. The monoisotopic (exact) mass is 327 g/mol. The number of nitrogens with zero attached hydrogens (tertiary/aromatic N) is 3. The summed E-state index contributed by atoms with van der Waals surface area (Å²) in [6, 6.07) is 12.0. The molecular formula is C19H25N3O2. The Hall–Kier alpha value is -2.14. The van der Waals surface area contributed by atoms with Gasteiger partial charge < -0.3 is 9.64 Å². The summed E-state index contributed by atoms with van der Waals surface area (Å²) in [7, 11) is 1.99. The predicted octanol–water partition coefficient (Wildman–Crippen LogP) is 2.49. The van der Waals surface area contributed by atoms with Crippen molar-refractivity contribution < 1.29 is 4.74 Å². The highest BCUT2D eigenvalue weighted by Crippen LogP contribution is 2.14. The van der Waals surface area contributed by atoms with Gasteiger partial charge in [-0.15, -0.1) is 0 Å². The van der Waals surface area contributed by atoms with Crippen LogP contribution in [0.2, 0.25) is 0 Å². The van der Waals surface area contributed by atoms with Gasteiger partial charge in [0.15, 0.2) is 0 Å². The number of hydrogen-bond acceptors (Lipinski definition) is 4. The fourth-order valence-electron chi connectivity index (χ4n) is 2.98. The number of aromatic nitrogens is 2. The maximum atomic E-state index is 12.3. The van der Waals surface area contributed by atoms with Crippen LogP contribution in [0.1, 0.15) is 24.8 Å². The molecule has 1 aliphatic rings. The van der Waals surface area contributed by atoms with E-state index in [1.807, 2.05) is 25.2 Å². The van der Waals surface area contributed by atoms with Gasteiger partial charge in [-0.1, -0.05) is 30.3 Å². The third-order valence-corrected chi connectivity index (χ3v) is 4.53. The van der Waals surface area contributed by atoms with Crippen LogP contribution >= 0.6 is 0 Å². The number of rotatable bonds is 6. The van der Waals surface area contributed by atoms with Gasteiger partial charge in [-0.25, -0.2) is 4.68 Å². The van der Waals surface area contributed by atoms with Gasteiger partial charge in [0.1, 0.15) is 0 Å². The first-order chi connectivity index (χ1) is 11.7. The molecule has 24 heavy (non-hydrogen) atoms. The maximum Gasteiger partial charge on any atom is 0.268 e. The van der Waals surface area contributed by atoms with E-state index < -0.39 is 0 Å². The second kappa shape index (κ2) is 8.11. The fraction of sp³-hybridized carbons (Fsp3) is 0.474. The zero-order valence-corrected chi connectivity index (χ0v) is 14.2. The Morgan fingerprint density at radius 1 is 1.29 bits per heavy atom. The lowest BCUT2D eigenvalue weighted by atomic mass is 10.1. The number of ether oxygens (including phenoxy) is 1. The van der Waals surface area contributed by atoms with Gasteiger partial charge in [-0.2, -0.15) is 5.10 Å². The molecule has 5 nitrogen and oxygen atoms in total. The number of likely N-dealkylation sites (N-methyl/N-ethyl adjacent to an activating group) is 1. The molecule has 1 aromatic carbocycles. The Morgan fingerprint density at radius 2 is 2.12 bits per heavy atom. The van der Waals surface area contributed by atoms with Crippen LogP contribution in [0.25, 0.3) is 0 Å². The van der Waals surface area contributed by atoms with Crippen molar-refractivity contribution >= 4 is 5.69 Å². The molecule has 3 rings (SSSR count). The third kappa shape index (κ3) is 4.45. The van der Waals surface area contributed by atoms with E-state index in [1.165, 1.54) is 16.7 Å². The summed E-state index contributed by atoms with van der Waals surface area (Å²) in [5.74, 6) is 0. The second-order valence-electron chi connectivity index (χ2n) is 6.38. The first kappa shape index (κ1) is 16.7. The molecule has 2 heterocycles. The van der Waals surface area contributed by atoms with E-state index in [4.69, 9.17) is 4.74 Å². The molecule has 0 bridgehead atoms. The molecule has 0 spiro atoms. The molecule has 1 aliphatic heterocycles. The lowest BCUT2D eigenvalue weighted by Crippen LogP contribution is -2.32. The minimum atomic E-state index is -0.0618. The minimum absolute atomic E-state index is 0.0618. The number of benzene rings is 1. The van der Waals surface area contributed by atoms with Crippen molar-refractivity contribution in [3.05, 3.63) is 58.5 Å². The topological polar surface area (TPSA) is 47.4 Å². The van der Waals surface area contributed by atoms with E-state index in [2.05, 4.69) is 22.1 Å². The molecule has 0 saturated carbocycles. The van der Waals surface area contributed by atoms with Crippen molar-refractivity contribution in [2.45, 2.75) is 38.3 Å². The Morgan fingerprint density at radius 3 is 2.83 bits per heavy atom. The highest BCUT2D eigenvalue weighted by Gasteiger charge is 2.16. The quantitative estimate of drug-likeness (QED) is 0.818. The van der Waals surface area contributed by atoms with Crippen molar-refractivity contribution in [3.63, 3.8) is 0 Å². The molecule has 1 fully saturated rings. The van der Waals surface area contributed by atoms with Crippen molar-refractivity contribution in [2.75, 3.05) is 25.1 Å². The second-order valence-corrected chi connectivity index (χ2v) is 6.38. The highest BCUT2D eigenvalue weighted by atomic mass is 16.5. The fourth-order valence-corrected chi connectivity index (χ4v) is 2.98. The first-order valence-corrected chi connectivity index (χ1v) is 8.66. The normalized spacial score (nSPS) is 17.6. The predicted molar refractivity (Wildman–Crippen MR) is 95.5 cm³/mol. The molecule has 1 saturated heterocycles. The maximum absolute atomic E-state index is 12.3. The third-order valence-electron chi connectivity index (χ3n) is 4.53. The average Bonchev–Trinajstić information content (AvgIpc) is 2.63. The molecule has 1 aromatic heterocycles. The van der Waals surface area contributed by atoms with Crippen LogP contribution in [0, 0.1) is 0 Å². The van der Waals surface area contributed by atoms with Crippen molar-refractivity contribution in [3.8, 4) is 0 Å². The Labute approximate surface area is 142 Å². The zero-order chi connectivity index (χ0) is 16.8. The van der Waals surface area contributed by atoms with Gasteiger partial charge in [0, 0.05) is 26.3 Å². The summed E-state index contributed by atoms with van der Waals surface area (Å²) in [5.41, 5.74) is 2.09. The van der Waals surface area contributed by atoms with Crippen LogP contribution < -0.4 is 10.5 Å². The van der Waals surface area contributed by atoms with E-state index in [-0.39, 0.29) is 11.7 Å². The highest BCUT2D eigenvalue weighted by molar-refractivity contribution is 5.42. The van der Waals surface area contributed by atoms with Gasteiger partial charge in [0.25, 0.3) is 5.56 Å². The lowest BCUT2D eigenvalue weighted by Gasteiger charge is -2.23. The van der Waals surface area contributed by atoms with Crippen LogP contribution in [0.5, 0.6) is 0 Å². The number of hydrogen-bond donors (Lipinski definition) is 0.